The second kappa shape index (κ2) is 5.15. The number of rotatable bonds is 4. The van der Waals surface area contributed by atoms with Crippen molar-refractivity contribution in [3.63, 3.8) is 0 Å². The van der Waals surface area contributed by atoms with E-state index in [1.54, 1.807) is 23.6 Å². The average Bonchev–Trinajstić information content (AvgIpc) is 2.72. The molecule has 0 saturated carbocycles. The zero-order valence-corrected chi connectivity index (χ0v) is 10.8. The number of hydrogen-bond donors (Lipinski definition) is 2. The fourth-order valence-corrected chi connectivity index (χ4v) is 2.07. The van der Waals surface area contributed by atoms with Gasteiger partial charge in [-0.05, 0) is 13.0 Å². The van der Waals surface area contributed by atoms with Crippen LogP contribution in [0, 0.1) is 6.92 Å². The lowest BCUT2D eigenvalue weighted by molar-refractivity contribution is 1.04. The minimum Gasteiger partial charge on any atom is -0.388 e. The predicted molar refractivity (Wildman–Crippen MR) is 72.1 cm³/mol. The van der Waals surface area contributed by atoms with Crippen molar-refractivity contribution in [3.8, 4) is 0 Å². The van der Waals surface area contributed by atoms with Gasteiger partial charge in [0.25, 0.3) is 0 Å². The zero-order chi connectivity index (χ0) is 12.3. The molecule has 88 valence electrons. The number of hydrogen-bond acceptors (Lipinski definition) is 6. The third-order valence-corrected chi connectivity index (χ3v) is 3.30. The molecule has 0 unspecified atom stereocenters. The van der Waals surface area contributed by atoms with Gasteiger partial charge in [-0.1, -0.05) is 12.2 Å². The molecule has 0 aliphatic rings. The Labute approximate surface area is 108 Å². The van der Waals surface area contributed by atoms with Crippen molar-refractivity contribution >= 4 is 34.5 Å². The van der Waals surface area contributed by atoms with Crippen LogP contribution in [0.15, 0.2) is 17.8 Å². The molecule has 0 radical (unpaired) electrons. The standard InChI is InChI=1S/C10H11N5S2/c1-6-8(17-5-14-6)4-13-10-12-3-2-7(15-10)9(11)16/h2-3,5H,4H2,1H3,(H2,11,16)(H,12,13,15). The van der Waals surface area contributed by atoms with E-state index >= 15 is 0 Å². The molecule has 3 N–H and O–H groups in total. The zero-order valence-electron chi connectivity index (χ0n) is 9.17. The van der Waals surface area contributed by atoms with E-state index < -0.39 is 0 Å². The molecule has 2 heterocycles. The van der Waals surface area contributed by atoms with E-state index in [1.165, 1.54) is 0 Å². The average molecular weight is 265 g/mol. The molecule has 2 aromatic heterocycles. The van der Waals surface area contributed by atoms with Gasteiger partial charge in [-0.3, -0.25) is 0 Å². The fourth-order valence-electron chi connectivity index (χ4n) is 1.24. The van der Waals surface area contributed by atoms with Crippen LogP contribution in [0.5, 0.6) is 0 Å². The number of thiazole rings is 1. The van der Waals surface area contributed by atoms with Crippen LogP contribution in [0.3, 0.4) is 0 Å². The highest BCUT2D eigenvalue weighted by Gasteiger charge is 2.04. The molecule has 0 saturated heterocycles. The van der Waals surface area contributed by atoms with Crippen LogP contribution in [0.2, 0.25) is 0 Å². The molecule has 0 atom stereocenters. The second-order valence-corrected chi connectivity index (χ2v) is 4.72. The summed E-state index contributed by atoms with van der Waals surface area (Å²) in [7, 11) is 0. The number of nitrogens with two attached hydrogens (primary N) is 1. The van der Waals surface area contributed by atoms with Crippen LogP contribution in [0.25, 0.3) is 0 Å². The van der Waals surface area contributed by atoms with E-state index in [-0.39, 0.29) is 4.99 Å². The number of aromatic nitrogens is 3. The molecule has 0 spiro atoms. The molecule has 2 rings (SSSR count). The molecule has 0 aliphatic carbocycles. The Hall–Kier alpha value is -1.60. The summed E-state index contributed by atoms with van der Waals surface area (Å²) in [5, 5.41) is 3.12. The van der Waals surface area contributed by atoms with E-state index in [1.807, 2.05) is 12.4 Å². The number of nitrogens with one attached hydrogen (secondary N) is 1. The highest BCUT2D eigenvalue weighted by Crippen LogP contribution is 2.13. The topological polar surface area (TPSA) is 76.7 Å². The largest absolute Gasteiger partial charge is 0.388 e. The maximum atomic E-state index is 5.50. The Kier molecular flexibility index (Phi) is 3.60. The molecular formula is C10H11N5S2. The van der Waals surface area contributed by atoms with Gasteiger partial charge in [0.15, 0.2) is 0 Å². The van der Waals surface area contributed by atoms with Gasteiger partial charge in [-0.2, -0.15) is 0 Å². The highest BCUT2D eigenvalue weighted by atomic mass is 32.1. The summed E-state index contributed by atoms with van der Waals surface area (Å²) in [4.78, 5) is 13.9. The van der Waals surface area contributed by atoms with Crippen LogP contribution >= 0.6 is 23.6 Å². The van der Waals surface area contributed by atoms with E-state index in [0.717, 1.165) is 10.6 Å². The molecule has 5 nitrogen and oxygen atoms in total. The highest BCUT2D eigenvalue weighted by molar-refractivity contribution is 7.80. The van der Waals surface area contributed by atoms with Crippen LogP contribution < -0.4 is 11.1 Å². The third kappa shape index (κ3) is 2.95. The van der Waals surface area contributed by atoms with Crippen LogP contribution in [0.4, 0.5) is 5.95 Å². The summed E-state index contributed by atoms with van der Waals surface area (Å²) in [6.07, 6.45) is 1.63. The van der Waals surface area contributed by atoms with E-state index in [0.29, 0.717) is 18.2 Å². The number of thiocarbonyl (C=S) groups is 1. The first kappa shape index (κ1) is 11.9. The number of nitrogens with zero attached hydrogens (tertiary/aromatic N) is 3. The van der Waals surface area contributed by atoms with Crippen molar-refractivity contribution in [1.82, 2.24) is 15.0 Å². The van der Waals surface area contributed by atoms with Crippen molar-refractivity contribution in [2.45, 2.75) is 13.5 Å². The van der Waals surface area contributed by atoms with Crippen molar-refractivity contribution in [2.75, 3.05) is 5.32 Å². The molecule has 7 heteroatoms. The van der Waals surface area contributed by atoms with Gasteiger partial charge in [-0.15, -0.1) is 11.3 Å². The lowest BCUT2D eigenvalue weighted by atomic mass is 10.4. The second-order valence-electron chi connectivity index (χ2n) is 3.34. The van der Waals surface area contributed by atoms with Gasteiger partial charge >= 0.3 is 0 Å². The van der Waals surface area contributed by atoms with Crippen molar-refractivity contribution in [1.29, 1.82) is 0 Å². The molecular weight excluding hydrogens is 254 g/mol. The molecule has 0 aromatic carbocycles. The molecule has 17 heavy (non-hydrogen) atoms. The first-order valence-electron chi connectivity index (χ1n) is 4.92. The molecule has 2 aromatic rings. The summed E-state index contributed by atoms with van der Waals surface area (Å²) in [6, 6.07) is 1.69. The summed E-state index contributed by atoms with van der Waals surface area (Å²) in [5.41, 5.74) is 8.91. The monoisotopic (exact) mass is 265 g/mol. The van der Waals surface area contributed by atoms with Gasteiger partial charge in [0.2, 0.25) is 5.95 Å². The fraction of sp³-hybridized carbons (Fsp3) is 0.200. The first-order chi connectivity index (χ1) is 8.16. The Morgan fingerprint density at radius 2 is 2.35 bits per heavy atom. The molecule has 0 aliphatic heterocycles. The van der Waals surface area contributed by atoms with Gasteiger partial charge in [0, 0.05) is 11.1 Å². The van der Waals surface area contributed by atoms with Gasteiger partial charge in [-0.25, -0.2) is 15.0 Å². The predicted octanol–water partition coefficient (Wildman–Crippen LogP) is 1.49. The minimum atomic E-state index is 0.268. The Bertz CT molecular complexity index is 537. The van der Waals surface area contributed by atoms with E-state index in [2.05, 4.69) is 20.3 Å². The van der Waals surface area contributed by atoms with E-state index in [4.69, 9.17) is 18.0 Å². The number of aryl methyl sites for hydroxylation is 1. The van der Waals surface area contributed by atoms with Crippen molar-refractivity contribution < 1.29 is 0 Å². The van der Waals surface area contributed by atoms with Crippen molar-refractivity contribution in [2.24, 2.45) is 5.73 Å². The molecule has 0 amide bonds. The maximum Gasteiger partial charge on any atom is 0.223 e. The van der Waals surface area contributed by atoms with E-state index in [9.17, 15) is 0 Å². The quantitative estimate of drug-likeness (QED) is 0.816. The summed E-state index contributed by atoms with van der Waals surface area (Å²) in [5.74, 6) is 0.517. The minimum absolute atomic E-state index is 0.268. The van der Waals surface area contributed by atoms with Gasteiger partial charge < -0.3 is 11.1 Å². The maximum absolute atomic E-state index is 5.50. The van der Waals surface area contributed by atoms with Crippen LogP contribution in [0.1, 0.15) is 16.3 Å². The molecule has 0 bridgehead atoms. The van der Waals surface area contributed by atoms with Crippen LogP contribution in [-0.2, 0) is 6.54 Å². The van der Waals surface area contributed by atoms with Gasteiger partial charge in [0.1, 0.15) is 10.7 Å². The first-order valence-corrected chi connectivity index (χ1v) is 6.21. The Balaban J connectivity index is 2.07. The van der Waals surface area contributed by atoms with Crippen LogP contribution in [-0.4, -0.2) is 19.9 Å². The SMILES string of the molecule is Cc1ncsc1CNc1nccc(C(N)=S)n1. The molecule has 0 fully saturated rings. The summed E-state index contributed by atoms with van der Waals surface area (Å²) >= 11 is 6.46. The van der Waals surface area contributed by atoms with Crippen molar-refractivity contribution in [3.05, 3.63) is 34.0 Å². The smallest absolute Gasteiger partial charge is 0.223 e. The lowest BCUT2D eigenvalue weighted by Crippen LogP contribution is -2.13. The van der Waals surface area contributed by atoms with Gasteiger partial charge in [0.05, 0.1) is 17.7 Å². The normalized spacial score (nSPS) is 10.2. The Morgan fingerprint density at radius 3 is 3.00 bits per heavy atom. The Morgan fingerprint density at radius 1 is 1.53 bits per heavy atom. The number of anilines is 1. The summed E-state index contributed by atoms with van der Waals surface area (Å²) < 4.78 is 0. The lowest BCUT2D eigenvalue weighted by Gasteiger charge is -2.04. The summed E-state index contributed by atoms with van der Waals surface area (Å²) in [6.45, 7) is 2.62. The third-order valence-electron chi connectivity index (χ3n) is 2.16.